The third-order valence-electron chi connectivity index (χ3n) is 2.47. The van der Waals surface area contributed by atoms with Gasteiger partial charge in [0, 0.05) is 13.0 Å². The summed E-state index contributed by atoms with van der Waals surface area (Å²) in [5, 5.41) is 10.9. The third-order valence-corrected chi connectivity index (χ3v) is 2.75. The van der Waals surface area contributed by atoms with Crippen LogP contribution in [0.2, 0.25) is 5.02 Å². The van der Waals surface area contributed by atoms with Gasteiger partial charge >= 0.3 is 5.97 Å². The maximum Gasteiger partial charge on any atom is 0.307 e. The van der Waals surface area contributed by atoms with Gasteiger partial charge in [0.05, 0.1) is 24.2 Å². The molecular weight excluding hydrogens is 337 g/mol. The molecule has 24 heavy (non-hydrogen) atoms. The zero-order valence-corrected chi connectivity index (χ0v) is 14.2. The lowest BCUT2D eigenvalue weighted by molar-refractivity contribution is -0.136. The van der Waals surface area contributed by atoms with Crippen LogP contribution in [0.1, 0.15) is 13.3 Å². The van der Waals surface area contributed by atoms with Crippen LogP contribution < -0.4 is 10.1 Å². The van der Waals surface area contributed by atoms with Crippen molar-refractivity contribution in [2.75, 3.05) is 12.4 Å². The van der Waals surface area contributed by atoms with Gasteiger partial charge < -0.3 is 15.2 Å². The van der Waals surface area contributed by atoms with Crippen LogP contribution in [0.15, 0.2) is 49.1 Å². The number of carboxylic acids is 1. The van der Waals surface area contributed by atoms with Gasteiger partial charge in [0.15, 0.2) is 5.75 Å². The fourth-order valence-corrected chi connectivity index (χ4v) is 1.86. The van der Waals surface area contributed by atoms with Crippen molar-refractivity contribution < 1.29 is 23.8 Å². The van der Waals surface area contributed by atoms with E-state index in [-0.39, 0.29) is 28.8 Å². The number of anilines is 1. The summed E-state index contributed by atoms with van der Waals surface area (Å²) >= 11 is 5.70. The van der Waals surface area contributed by atoms with Crippen LogP contribution in [0.3, 0.4) is 0 Å². The molecule has 0 unspecified atom stereocenters. The average molecular weight is 356 g/mol. The van der Waals surface area contributed by atoms with Crippen LogP contribution in [-0.4, -0.2) is 24.1 Å². The highest BCUT2D eigenvalue weighted by Crippen LogP contribution is 2.33. The lowest BCUT2D eigenvalue weighted by Gasteiger charge is -2.10. The molecule has 0 heterocycles. The molecule has 0 saturated heterocycles. The van der Waals surface area contributed by atoms with Crippen LogP contribution in [0.5, 0.6) is 5.75 Å². The number of carboxylic acid groups (broad SMARTS) is 1. The fraction of sp³-hybridized carbons (Fsp3) is 0.176. The topological polar surface area (TPSA) is 75.6 Å². The highest BCUT2D eigenvalue weighted by Gasteiger charge is 2.11. The number of hydrogen-bond acceptors (Lipinski definition) is 3. The van der Waals surface area contributed by atoms with Crippen molar-refractivity contribution in [3.05, 3.63) is 59.9 Å². The van der Waals surface area contributed by atoms with E-state index in [1.54, 1.807) is 12.2 Å². The zero-order chi connectivity index (χ0) is 18.7. The van der Waals surface area contributed by atoms with Gasteiger partial charge in [-0.05, 0) is 11.6 Å². The monoisotopic (exact) mass is 355 g/mol. The van der Waals surface area contributed by atoms with Crippen LogP contribution in [0.25, 0.3) is 0 Å². The summed E-state index contributed by atoms with van der Waals surface area (Å²) in [6.45, 7) is 8.21. The maximum absolute atomic E-state index is 12.9. The molecule has 0 fully saturated rings. The highest BCUT2D eigenvalue weighted by molar-refractivity contribution is 6.32. The van der Waals surface area contributed by atoms with E-state index in [1.165, 1.54) is 20.1 Å². The molecule has 1 aromatic rings. The summed E-state index contributed by atoms with van der Waals surface area (Å²) in [4.78, 5) is 20.9. The maximum atomic E-state index is 12.9. The predicted molar refractivity (Wildman–Crippen MR) is 93.0 cm³/mol. The van der Waals surface area contributed by atoms with Gasteiger partial charge in [-0.2, -0.15) is 0 Å². The second-order valence-corrected chi connectivity index (χ2v) is 4.81. The summed E-state index contributed by atoms with van der Waals surface area (Å²) in [7, 11) is 1.39. The van der Waals surface area contributed by atoms with Gasteiger partial charge in [-0.3, -0.25) is 9.59 Å². The molecule has 0 aliphatic rings. The third kappa shape index (κ3) is 8.14. The first-order chi connectivity index (χ1) is 11.2. The number of nitrogens with one attached hydrogen (secondary N) is 1. The van der Waals surface area contributed by atoms with Crippen LogP contribution in [0.4, 0.5) is 10.1 Å². The van der Waals surface area contributed by atoms with Gasteiger partial charge in [-0.15, -0.1) is 0 Å². The molecule has 0 aliphatic heterocycles. The minimum Gasteiger partial charge on any atom is -0.493 e. The predicted octanol–water partition coefficient (Wildman–Crippen LogP) is 4.21. The summed E-state index contributed by atoms with van der Waals surface area (Å²) in [5.74, 6) is -1.44. The van der Waals surface area contributed by atoms with E-state index in [1.807, 2.05) is 0 Å². The number of carbonyl (C=O) groups excluding carboxylic acids is 1. The smallest absolute Gasteiger partial charge is 0.307 e. The molecule has 0 aromatic heterocycles. The van der Waals surface area contributed by atoms with Crippen LogP contribution in [-0.2, 0) is 9.59 Å². The first kappa shape index (κ1) is 21.4. The Kier molecular flexibility index (Phi) is 9.82. The van der Waals surface area contributed by atoms with Gasteiger partial charge in [0.1, 0.15) is 5.82 Å². The lowest BCUT2D eigenvalue weighted by atomic mass is 10.2. The van der Waals surface area contributed by atoms with Crippen LogP contribution >= 0.6 is 11.6 Å². The number of ether oxygens (including phenoxy) is 1. The highest BCUT2D eigenvalue weighted by atomic mass is 35.5. The largest absolute Gasteiger partial charge is 0.493 e. The molecule has 0 spiro atoms. The summed E-state index contributed by atoms with van der Waals surface area (Å²) in [6.07, 6.45) is 4.69. The minimum absolute atomic E-state index is 0.00944. The molecule has 130 valence electrons. The quantitative estimate of drug-likeness (QED) is 0.750. The molecule has 1 amide bonds. The number of allylic oxidation sites excluding steroid dienone is 3. The normalized spacial score (nSPS) is 10.1. The van der Waals surface area contributed by atoms with Gasteiger partial charge in [0.25, 0.3) is 0 Å². The molecule has 1 aromatic carbocycles. The van der Waals surface area contributed by atoms with E-state index in [4.69, 9.17) is 21.4 Å². The Morgan fingerprint density at radius 2 is 2.04 bits per heavy atom. The number of carbonyl (C=O) groups is 2. The standard InChI is InChI=1S/C9H9ClFNO2.C8H10O2/c1-5(13)12-8-4-6(11)3-7(10)9(8)14-2;1-3-5-7(4-2)6-8(9)10/h3-4H,1-2H3,(H,12,13);3-5H,1-2,6H2,(H,9,10)/b;7-5+. The van der Waals surface area contributed by atoms with Gasteiger partial charge in [-0.25, -0.2) is 4.39 Å². The molecule has 0 saturated carbocycles. The van der Waals surface area contributed by atoms with Crippen molar-refractivity contribution >= 4 is 29.2 Å². The average Bonchev–Trinajstić information content (AvgIpc) is 2.46. The van der Waals surface area contributed by atoms with Crippen molar-refractivity contribution in [2.45, 2.75) is 13.3 Å². The Morgan fingerprint density at radius 1 is 1.42 bits per heavy atom. The van der Waals surface area contributed by atoms with Gasteiger partial charge in [0.2, 0.25) is 5.91 Å². The van der Waals surface area contributed by atoms with E-state index >= 15 is 0 Å². The number of hydrogen-bond donors (Lipinski definition) is 2. The van der Waals surface area contributed by atoms with Gasteiger partial charge in [-0.1, -0.05) is 43.0 Å². The summed E-state index contributed by atoms with van der Waals surface area (Å²) in [5.41, 5.74) is 0.896. The van der Waals surface area contributed by atoms with E-state index < -0.39 is 11.8 Å². The molecule has 0 aliphatic carbocycles. The number of aliphatic carboxylic acids is 1. The number of rotatable bonds is 6. The van der Waals surface area contributed by atoms with E-state index in [0.717, 1.165) is 12.1 Å². The molecule has 1 rings (SSSR count). The van der Waals surface area contributed by atoms with Crippen molar-refractivity contribution in [2.24, 2.45) is 0 Å². The zero-order valence-electron chi connectivity index (χ0n) is 13.4. The number of halogens is 2. The Labute approximate surface area is 145 Å². The number of methoxy groups -OCH3 is 1. The van der Waals surface area contributed by atoms with E-state index in [2.05, 4.69) is 18.5 Å². The first-order valence-electron chi connectivity index (χ1n) is 6.71. The second kappa shape index (κ2) is 11.0. The molecule has 5 nitrogen and oxygen atoms in total. The number of amides is 1. The van der Waals surface area contributed by atoms with Crippen LogP contribution in [0, 0.1) is 5.82 Å². The molecule has 0 bridgehead atoms. The Morgan fingerprint density at radius 3 is 2.46 bits per heavy atom. The molecule has 7 heteroatoms. The lowest BCUT2D eigenvalue weighted by Crippen LogP contribution is -2.07. The summed E-state index contributed by atoms with van der Waals surface area (Å²) in [6, 6.07) is 2.26. The Hall–Kier alpha value is -2.60. The fourth-order valence-electron chi connectivity index (χ4n) is 1.58. The van der Waals surface area contributed by atoms with E-state index in [9.17, 15) is 14.0 Å². The molecule has 0 atom stereocenters. The van der Waals surface area contributed by atoms with Crippen molar-refractivity contribution in [3.63, 3.8) is 0 Å². The van der Waals surface area contributed by atoms with Crippen molar-refractivity contribution in [3.8, 4) is 5.75 Å². The van der Waals surface area contributed by atoms with Crippen molar-refractivity contribution in [1.29, 1.82) is 0 Å². The first-order valence-corrected chi connectivity index (χ1v) is 7.09. The minimum atomic E-state index is -0.854. The van der Waals surface area contributed by atoms with Crippen molar-refractivity contribution in [1.82, 2.24) is 0 Å². The Bertz CT molecular complexity index is 656. The Balaban J connectivity index is 0.000000470. The molecular formula is C17H19ClFNO4. The molecule has 0 radical (unpaired) electrons. The van der Waals surface area contributed by atoms with E-state index in [0.29, 0.717) is 5.57 Å². The molecule has 2 N–H and O–H groups in total. The summed E-state index contributed by atoms with van der Waals surface area (Å²) < 4.78 is 17.8. The SMILES string of the molecule is C=C/C=C(\C=C)CC(=O)O.COc1c(Cl)cc(F)cc1NC(C)=O. The second-order valence-electron chi connectivity index (χ2n) is 4.40. The number of benzene rings is 1.